The van der Waals surface area contributed by atoms with Crippen LogP contribution >= 0.6 is 0 Å². The van der Waals surface area contributed by atoms with Crippen molar-refractivity contribution in [3.63, 3.8) is 0 Å². The van der Waals surface area contributed by atoms with E-state index in [1.165, 1.54) is 12.5 Å². The normalized spacial score (nSPS) is 17.0. The van der Waals surface area contributed by atoms with E-state index in [1.807, 2.05) is 44.2 Å². The third-order valence-corrected chi connectivity index (χ3v) is 9.91. The van der Waals surface area contributed by atoms with E-state index in [9.17, 15) is 14.4 Å². The summed E-state index contributed by atoms with van der Waals surface area (Å²) < 4.78 is 22.7. The molecule has 2 aliphatic rings. The molecule has 11 nitrogen and oxygen atoms in total. The summed E-state index contributed by atoms with van der Waals surface area (Å²) in [6, 6.07) is 11.7. The Bertz CT molecular complexity index is 2000. The fourth-order valence-corrected chi connectivity index (χ4v) is 7.50. The van der Waals surface area contributed by atoms with Gasteiger partial charge in [-0.05, 0) is 96.7 Å². The summed E-state index contributed by atoms with van der Waals surface area (Å²) in [5, 5.41) is 10.7. The van der Waals surface area contributed by atoms with Crippen LogP contribution in [0.4, 0.5) is 5.69 Å². The highest BCUT2D eigenvalue weighted by Crippen LogP contribution is 2.50. The van der Waals surface area contributed by atoms with E-state index >= 15 is 0 Å². The number of carbonyl (C=O) groups excluding carboxylic acids is 2. The van der Waals surface area contributed by atoms with Gasteiger partial charge < -0.3 is 39.9 Å². The maximum absolute atomic E-state index is 14.0. The van der Waals surface area contributed by atoms with Crippen molar-refractivity contribution in [1.82, 2.24) is 15.6 Å². The van der Waals surface area contributed by atoms with Crippen LogP contribution in [0.1, 0.15) is 74.5 Å². The van der Waals surface area contributed by atoms with E-state index in [4.69, 9.17) is 18.9 Å². The summed E-state index contributed by atoms with van der Waals surface area (Å²) in [6.07, 6.45) is 3.79. The number of aryl methyl sites for hydroxylation is 2. The highest BCUT2D eigenvalue weighted by Gasteiger charge is 2.32. The number of hydrogen-bond donors (Lipinski definition) is 4. The Labute approximate surface area is 292 Å². The van der Waals surface area contributed by atoms with Gasteiger partial charge in [-0.25, -0.2) is 0 Å². The van der Waals surface area contributed by atoms with Gasteiger partial charge >= 0.3 is 0 Å². The summed E-state index contributed by atoms with van der Waals surface area (Å²) in [5.41, 5.74) is 6.26. The third kappa shape index (κ3) is 6.44. The molecule has 4 N–H and O–H groups in total. The molecule has 0 bridgehead atoms. The molecule has 264 valence electrons. The quantitative estimate of drug-likeness (QED) is 0.160. The molecule has 1 unspecified atom stereocenters. The van der Waals surface area contributed by atoms with Gasteiger partial charge in [-0.1, -0.05) is 19.9 Å². The number of nitrogens with one attached hydrogen (secondary N) is 4. The molecular formula is C39H46N4O7. The van der Waals surface area contributed by atoms with Gasteiger partial charge in [0.15, 0.2) is 11.5 Å². The molecule has 2 aliphatic carbocycles. The van der Waals surface area contributed by atoms with E-state index < -0.39 is 12.1 Å². The number of ether oxygens (including phenoxy) is 4. The smallest absolute Gasteiger partial charge is 0.243 e. The average molecular weight is 683 g/mol. The zero-order valence-corrected chi connectivity index (χ0v) is 29.7. The van der Waals surface area contributed by atoms with E-state index in [2.05, 4.69) is 20.9 Å². The summed E-state index contributed by atoms with van der Waals surface area (Å²) in [7, 11) is 6.34. The van der Waals surface area contributed by atoms with Crippen molar-refractivity contribution < 1.29 is 28.5 Å². The number of hydrogen-bond acceptors (Lipinski definition) is 8. The molecule has 1 heterocycles. The van der Waals surface area contributed by atoms with Crippen molar-refractivity contribution in [1.29, 1.82) is 0 Å². The number of benzene rings is 2. The van der Waals surface area contributed by atoms with E-state index in [1.54, 1.807) is 40.6 Å². The average Bonchev–Trinajstić information content (AvgIpc) is 3.32. The van der Waals surface area contributed by atoms with Crippen LogP contribution in [-0.4, -0.2) is 51.3 Å². The predicted octanol–water partition coefficient (Wildman–Crippen LogP) is 5.98. The maximum atomic E-state index is 14.0. The molecular weight excluding hydrogens is 636 g/mol. The zero-order chi connectivity index (χ0) is 35.7. The Morgan fingerprint density at radius 2 is 1.64 bits per heavy atom. The first-order valence-corrected chi connectivity index (χ1v) is 17.1. The van der Waals surface area contributed by atoms with Crippen molar-refractivity contribution in [3.05, 3.63) is 75.1 Å². The first-order chi connectivity index (χ1) is 24.1. The highest BCUT2D eigenvalue weighted by atomic mass is 16.5. The Hall–Kier alpha value is -5.19. The van der Waals surface area contributed by atoms with Gasteiger partial charge in [0.2, 0.25) is 23.0 Å². The van der Waals surface area contributed by atoms with Crippen molar-refractivity contribution in [2.24, 2.45) is 5.92 Å². The fraction of sp³-hybridized carbons (Fsp3) is 0.410. The van der Waals surface area contributed by atoms with E-state index in [0.717, 1.165) is 58.3 Å². The number of aromatic nitrogens is 1. The van der Waals surface area contributed by atoms with Crippen LogP contribution in [0.15, 0.2) is 47.3 Å². The Balaban J connectivity index is 1.37. The minimum Gasteiger partial charge on any atom is -0.497 e. The van der Waals surface area contributed by atoms with Crippen molar-refractivity contribution in [3.8, 4) is 34.1 Å². The van der Waals surface area contributed by atoms with Gasteiger partial charge in [-0.15, -0.1) is 0 Å². The van der Waals surface area contributed by atoms with Crippen LogP contribution in [0.2, 0.25) is 0 Å². The molecule has 50 heavy (non-hydrogen) atoms. The Morgan fingerprint density at radius 3 is 2.32 bits per heavy atom. The molecule has 0 spiro atoms. The lowest BCUT2D eigenvalue weighted by molar-refractivity contribution is -0.123. The maximum Gasteiger partial charge on any atom is 0.243 e. The summed E-state index contributed by atoms with van der Waals surface area (Å²) in [4.78, 5) is 43.9. The molecule has 4 aromatic rings. The fourth-order valence-electron chi connectivity index (χ4n) is 7.50. The molecule has 2 amide bonds. The van der Waals surface area contributed by atoms with Gasteiger partial charge in [0.25, 0.3) is 0 Å². The lowest BCUT2D eigenvalue weighted by atomic mass is 9.91. The van der Waals surface area contributed by atoms with Gasteiger partial charge in [0, 0.05) is 29.1 Å². The number of carbonyl (C=O) groups is 2. The van der Waals surface area contributed by atoms with Gasteiger partial charge in [-0.2, -0.15) is 0 Å². The van der Waals surface area contributed by atoms with Gasteiger partial charge in [0.1, 0.15) is 11.8 Å². The number of H-pyrrole nitrogens is 1. The number of aromatic amines is 1. The van der Waals surface area contributed by atoms with Crippen molar-refractivity contribution in [2.45, 2.75) is 71.0 Å². The van der Waals surface area contributed by atoms with Crippen molar-refractivity contribution in [2.75, 3.05) is 33.8 Å². The highest BCUT2D eigenvalue weighted by molar-refractivity contribution is 5.89. The van der Waals surface area contributed by atoms with Crippen LogP contribution in [0.25, 0.3) is 22.0 Å². The number of amides is 2. The monoisotopic (exact) mass is 682 g/mol. The number of fused-ring (bicyclic) bond motifs is 6. The van der Waals surface area contributed by atoms with Gasteiger partial charge in [0.05, 0.1) is 46.2 Å². The van der Waals surface area contributed by atoms with Crippen LogP contribution in [0.3, 0.4) is 0 Å². The molecule has 0 aliphatic heterocycles. The lowest BCUT2D eigenvalue weighted by Gasteiger charge is -2.28. The molecule has 1 aromatic heterocycles. The molecule has 3 aromatic carbocycles. The SMILES string of the molecule is COc1ccc2[nH]c3c(c2c1)CCCC3NC(=O)[C@H](Nc1ccc2c(cc1=O)[C@H](NC(C)=O)CCc1cc(OC)c(OC)c(OC)c1-2)C(C)C. The topological polar surface area (TPSA) is 140 Å². The predicted molar refractivity (Wildman–Crippen MR) is 194 cm³/mol. The molecule has 0 radical (unpaired) electrons. The number of rotatable bonds is 10. The zero-order valence-electron chi connectivity index (χ0n) is 29.7. The number of anilines is 1. The largest absolute Gasteiger partial charge is 0.497 e. The van der Waals surface area contributed by atoms with Crippen LogP contribution in [0, 0.1) is 5.92 Å². The van der Waals surface area contributed by atoms with E-state index in [0.29, 0.717) is 35.7 Å². The van der Waals surface area contributed by atoms with Crippen LogP contribution in [-0.2, 0) is 22.4 Å². The lowest BCUT2D eigenvalue weighted by Crippen LogP contribution is -2.45. The molecule has 0 saturated carbocycles. The van der Waals surface area contributed by atoms with Crippen LogP contribution in [0.5, 0.6) is 23.0 Å². The van der Waals surface area contributed by atoms with Crippen LogP contribution < -0.4 is 40.3 Å². The standard InChI is InChI=1S/C39H46N4O7/c1-20(2)35(39(46)43-31-10-8-9-25-26-18-23(47-4)12-15-29(26)41-36(25)31)42-30-16-13-24-27(19-32(30)45)28(40-21(3)44)14-11-22-17-33(48-5)37(49-6)38(50-7)34(22)24/h12-13,15-20,28,31,35,41H,8-11,14H2,1-7H3,(H,40,44)(H,42,45)(H,43,46)/t28-,31?,35-/m1/s1. The van der Waals surface area contributed by atoms with Crippen molar-refractivity contribution >= 4 is 28.4 Å². The molecule has 6 rings (SSSR count). The minimum atomic E-state index is -0.697. The first-order valence-electron chi connectivity index (χ1n) is 17.1. The Morgan fingerprint density at radius 1 is 0.860 bits per heavy atom. The third-order valence-electron chi connectivity index (χ3n) is 9.91. The minimum absolute atomic E-state index is 0.141. The number of methoxy groups -OCH3 is 4. The summed E-state index contributed by atoms with van der Waals surface area (Å²) in [5.74, 6) is 1.68. The molecule has 0 fully saturated rings. The second kappa shape index (κ2) is 14.3. The first kappa shape index (κ1) is 34.7. The second-order valence-corrected chi connectivity index (χ2v) is 13.3. The Kier molecular flexibility index (Phi) is 9.95. The molecule has 11 heteroatoms. The summed E-state index contributed by atoms with van der Waals surface area (Å²) >= 11 is 0. The molecule has 3 atom stereocenters. The molecule has 0 saturated heterocycles. The summed E-state index contributed by atoms with van der Waals surface area (Å²) in [6.45, 7) is 5.37. The van der Waals surface area contributed by atoms with E-state index in [-0.39, 0.29) is 34.9 Å². The second-order valence-electron chi connectivity index (χ2n) is 13.3. The van der Waals surface area contributed by atoms with Gasteiger partial charge in [-0.3, -0.25) is 14.4 Å².